The van der Waals surface area contributed by atoms with Crippen LogP contribution >= 0.6 is 0 Å². The Bertz CT molecular complexity index is 566. The molecule has 0 aliphatic heterocycles. The van der Waals surface area contributed by atoms with E-state index in [0.717, 1.165) is 12.1 Å². The van der Waals surface area contributed by atoms with Crippen molar-refractivity contribution in [1.29, 1.82) is 0 Å². The van der Waals surface area contributed by atoms with Gasteiger partial charge in [-0.15, -0.1) is 0 Å². The van der Waals surface area contributed by atoms with Crippen LogP contribution in [0.25, 0.3) is 0 Å². The molecule has 2 rings (SSSR count). The zero-order chi connectivity index (χ0) is 15.5. The summed E-state index contributed by atoms with van der Waals surface area (Å²) in [5.74, 6) is -0.654. The van der Waals surface area contributed by atoms with Crippen LogP contribution in [-0.4, -0.2) is 39.5 Å². The molecule has 0 saturated heterocycles. The fraction of sp³-hybridized carbons (Fsp3) is 0.571. The number of nitrogens with zero attached hydrogens (tertiary/aromatic N) is 1. The highest BCUT2D eigenvalue weighted by Gasteiger charge is 2.20. The van der Waals surface area contributed by atoms with E-state index in [1.807, 2.05) is 7.05 Å². The summed E-state index contributed by atoms with van der Waals surface area (Å²) in [4.78, 5) is 2.04. The van der Waals surface area contributed by atoms with Crippen LogP contribution in [0.3, 0.4) is 0 Å². The number of sulfonamides is 1. The third-order valence-electron chi connectivity index (χ3n) is 3.91. The quantitative estimate of drug-likeness (QED) is 0.781. The zero-order valence-corrected chi connectivity index (χ0v) is 13.0. The molecule has 1 aliphatic carbocycles. The van der Waals surface area contributed by atoms with Gasteiger partial charge in [-0.25, -0.2) is 17.5 Å². The first-order valence-corrected chi connectivity index (χ1v) is 8.63. The van der Waals surface area contributed by atoms with Crippen molar-refractivity contribution in [1.82, 2.24) is 9.62 Å². The van der Waals surface area contributed by atoms with Crippen LogP contribution in [0.5, 0.6) is 0 Å². The topological polar surface area (TPSA) is 75.4 Å². The lowest BCUT2D eigenvalue weighted by atomic mass is 10.2. The lowest BCUT2D eigenvalue weighted by Crippen LogP contribution is -2.37. The van der Waals surface area contributed by atoms with Gasteiger partial charge in [-0.05, 0) is 38.1 Å². The number of likely N-dealkylation sites (N-methyl/N-ethyl adjacent to an activating group) is 1. The van der Waals surface area contributed by atoms with E-state index < -0.39 is 15.8 Å². The molecular weight excluding hydrogens is 293 g/mol. The molecule has 0 heterocycles. The van der Waals surface area contributed by atoms with Crippen molar-refractivity contribution in [2.45, 2.75) is 36.6 Å². The van der Waals surface area contributed by atoms with Gasteiger partial charge in [-0.1, -0.05) is 12.8 Å². The van der Waals surface area contributed by atoms with Crippen LogP contribution < -0.4 is 10.5 Å². The van der Waals surface area contributed by atoms with E-state index >= 15 is 0 Å². The molecule has 3 N–H and O–H groups in total. The highest BCUT2D eigenvalue weighted by Crippen LogP contribution is 2.22. The van der Waals surface area contributed by atoms with Crippen molar-refractivity contribution in [3.05, 3.63) is 24.0 Å². The molecule has 0 spiro atoms. The zero-order valence-electron chi connectivity index (χ0n) is 12.2. The second-order valence-electron chi connectivity index (χ2n) is 5.54. The smallest absolute Gasteiger partial charge is 0.240 e. The van der Waals surface area contributed by atoms with Gasteiger partial charge in [0, 0.05) is 24.8 Å². The summed E-state index contributed by atoms with van der Waals surface area (Å²) in [6.45, 7) is 0.931. The molecule has 118 valence electrons. The number of rotatable bonds is 6. The van der Waals surface area contributed by atoms with E-state index in [4.69, 9.17) is 5.73 Å². The van der Waals surface area contributed by atoms with Crippen LogP contribution in [-0.2, 0) is 10.0 Å². The lowest BCUT2D eigenvalue weighted by Gasteiger charge is -2.23. The monoisotopic (exact) mass is 315 g/mol. The number of benzene rings is 1. The molecule has 1 fully saturated rings. The number of hydrogen-bond acceptors (Lipinski definition) is 4. The Hall–Kier alpha value is -1.18. The summed E-state index contributed by atoms with van der Waals surface area (Å²) >= 11 is 0. The van der Waals surface area contributed by atoms with Crippen LogP contribution in [0.4, 0.5) is 10.1 Å². The maximum Gasteiger partial charge on any atom is 0.240 e. The normalized spacial score (nSPS) is 16.7. The number of hydrogen-bond donors (Lipinski definition) is 2. The molecular formula is C14H22FN3O2S. The number of nitrogens with two attached hydrogens (primary N) is 1. The number of nitrogens with one attached hydrogen (secondary N) is 1. The summed E-state index contributed by atoms with van der Waals surface area (Å²) in [6.07, 6.45) is 4.82. The maximum absolute atomic E-state index is 13.2. The molecule has 1 aliphatic rings. The van der Waals surface area contributed by atoms with Gasteiger partial charge >= 0.3 is 0 Å². The largest absolute Gasteiger partial charge is 0.399 e. The van der Waals surface area contributed by atoms with E-state index in [0.29, 0.717) is 19.1 Å². The molecule has 0 bridgehead atoms. The average molecular weight is 315 g/mol. The summed E-state index contributed by atoms with van der Waals surface area (Å²) in [7, 11) is -1.72. The fourth-order valence-electron chi connectivity index (χ4n) is 2.71. The molecule has 7 heteroatoms. The highest BCUT2D eigenvalue weighted by molar-refractivity contribution is 7.89. The Morgan fingerprint density at radius 1 is 1.33 bits per heavy atom. The Balaban J connectivity index is 1.91. The third-order valence-corrected chi connectivity index (χ3v) is 5.35. The SMILES string of the molecule is CN(CCNS(=O)(=O)c1cc(N)cc(F)c1)C1CCCC1. The summed E-state index contributed by atoms with van der Waals surface area (Å²) in [5, 5.41) is 0. The predicted octanol–water partition coefficient (Wildman–Crippen LogP) is 1.56. The van der Waals surface area contributed by atoms with Crippen molar-refractivity contribution >= 4 is 15.7 Å². The molecule has 0 unspecified atom stereocenters. The van der Waals surface area contributed by atoms with Gasteiger partial charge in [0.15, 0.2) is 0 Å². The van der Waals surface area contributed by atoms with Crippen molar-refractivity contribution in [2.24, 2.45) is 0 Å². The van der Waals surface area contributed by atoms with Crippen LogP contribution in [0.15, 0.2) is 23.1 Å². The molecule has 5 nitrogen and oxygen atoms in total. The summed E-state index contributed by atoms with van der Waals surface area (Å²) in [5.41, 5.74) is 5.57. The van der Waals surface area contributed by atoms with Crippen LogP contribution in [0.2, 0.25) is 0 Å². The van der Waals surface area contributed by atoms with Gasteiger partial charge in [0.05, 0.1) is 4.90 Å². The van der Waals surface area contributed by atoms with Crippen LogP contribution in [0, 0.1) is 5.82 Å². The fourth-order valence-corrected chi connectivity index (χ4v) is 3.79. The third kappa shape index (κ3) is 4.39. The van der Waals surface area contributed by atoms with Gasteiger partial charge in [-0.3, -0.25) is 0 Å². The Morgan fingerprint density at radius 2 is 2.00 bits per heavy atom. The van der Waals surface area contributed by atoms with E-state index in [1.54, 1.807) is 0 Å². The molecule has 1 aromatic rings. The standard InChI is InChI=1S/C14H22FN3O2S/c1-18(13-4-2-3-5-13)7-6-17-21(19,20)14-9-11(15)8-12(16)10-14/h8-10,13,17H,2-7,16H2,1H3. The van der Waals surface area contributed by atoms with E-state index in [1.165, 1.54) is 31.7 Å². The molecule has 0 amide bonds. The first-order chi connectivity index (χ1) is 9.88. The van der Waals surface area contributed by atoms with Crippen molar-refractivity contribution in [2.75, 3.05) is 25.9 Å². The molecule has 0 aromatic heterocycles. The second-order valence-corrected chi connectivity index (χ2v) is 7.30. The molecule has 0 radical (unpaired) electrons. The lowest BCUT2D eigenvalue weighted by molar-refractivity contribution is 0.250. The number of halogens is 1. The minimum absolute atomic E-state index is 0.0958. The van der Waals surface area contributed by atoms with Crippen molar-refractivity contribution in [3.63, 3.8) is 0 Å². The average Bonchev–Trinajstić information content (AvgIpc) is 2.91. The molecule has 1 saturated carbocycles. The van der Waals surface area contributed by atoms with Gasteiger partial charge in [0.1, 0.15) is 5.82 Å². The molecule has 21 heavy (non-hydrogen) atoms. The number of anilines is 1. The minimum atomic E-state index is -3.72. The first kappa shape index (κ1) is 16.2. The van der Waals surface area contributed by atoms with E-state index in [9.17, 15) is 12.8 Å². The summed E-state index contributed by atoms with van der Waals surface area (Å²) in [6, 6.07) is 3.86. The maximum atomic E-state index is 13.2. The Labute approximate surface area is 125 Å². The second kappa shape index (κ2) is 6.72. The van der Waals surface area contributed by atoms with E-state index in [2.05, 4.69) is 9.62 Å². The first-order valence-electron chi connectivity index (χ1n) is 7.14. The minimum Gasteiger partial charge on any atom is -0.399 e. The van der Waals surface area contributed by atoms with Crippen LogP contribution in [0.1, 0.15) is 25.7 Å². The highest BCUT2D eigenvalue weighted by atomic mass is 32.2. The predicted molar refractivity (Wildman–Crippen MR) is 80.9 cm³/mol. The molecule has 1 aromatic carbocycles. The van der Waals surface area contributed by atoms with Crippen molar-refractivity contribution in [3.8, 4) is 0 Å². The summed E-state index contributed by atoms with van der Waals surface area (Å²) < 4.78 is 39.9. The number of nitrogen functional groups attached to an aromatic ring is 1. The Morgan fingerprint density at radius 3 is 2.62 bits per heavy atom. The van der Waals surface area contributed by atoms with Gasteiger partial charge < -0.3 is 10.6 Å². The molecule has 0 atom stereocenters. The van der Waals surface area contributed by atoms with E-state index in [-0.39, 0.29) is 10.6 Å². The van der Waals surface area contributed by atoms with Gasteiger partial charge in [0.25, 0.3) is 0 Å². The van der Waals surface area contributed by atoms with Gasteiger partial charge in [0.2, 0.25) is 10.0 Å². The van der Waals surface area contributed by atoms with Crippen molar-refractivity contribution < 1.29 is 12.8 Å². The van der Waals surface area contributed by atoms with Gasteiger partial charge in [-0.2, -0.15) is 0 Å². The Kier molecular flexibility index (Phi) is 5.18.